The van der Waals surface area contributed by atoms with Crippen molar-refractivity contribution in [2.45, 2.75) is 51.3 Å². The van der Waals surface area contributed by atoms with E-state index in [2.05, 4.69) is 31.8 Å². The molecule has 0 atom stereocenters. The third-order valence-corrected chi connectivity index (χ3v) is 6.86. The maximum atomic E-state index is 12.8. The van der Waals surface area contributed by atoms with E-state index in [1.54, 1.807) is 19.1 Å². The Morgan fingerprint density at radius 2 is 1.94 bits per heavy atom. The summed E-state index contributed by atoms with van der Waals surface area (Å²) in [5.74, 6) is 0.946. The number of hydrogen-bond acceptors (Lipinski definition) is 7. The number of carbonyl (C=O) groups excluding carboxylic acids is 2. The maximum Gasteiger partial charge on any atom is 0.274 e. The zero-order chi connectivity index (χ0) is 24.0. The highest BCUT2D eigenvalue weighted by Crippen LogP contribution is 2.31. The lowest BCUT2D eigenvalue weighted by molar-refractivity contribution is -0.116. The first-order chi connectivity index (χ1) is 15.7. The lowest BCUT2D eigenvalue weighted by Crippen LogP contribution is -2.28. The molecule has 0 bridgehead atoms. The zero-order valence-corrected chi connectivity index (χ0v) is 20.1. The Balaban J connectivity index is 1.70. The molecule has 178 valence electrons. The Morgan fingerprint density at radius 3 is 2.58 bits per heavy atom. The molecular formula is C23H31N5O4S. The Kier molecular flexibility index (Phi) is 8.15. The van der Waals surface area contributed by atoms with Gasteiger partial charge in [-0.2, -0.15) is 0 Å². The van der Waals surface area contributed by atoms with Crippen molar-refractivity contribution in [1.82, 2.24) is 14.7 Å². The number of nitrogens with zero attached hydrogens (tertiary/aromatic N) is 3. The first kappa shape index (κ1) is 24.8. The van der Waals surface area contributed by atoms with Crippen LogP contribution in [0.1, 0.15) is 55.6 Å². The van der Waals surface area contributed by atoms with E-state index in [0.717, 1.165) is 25.3 Å². The number of Topliss-reactive ketones (excluding diaryl/α,β-unsaturated/α-hetero) is 1. The third kappa shape index (κ3) is 7.06. The highest BCUT2D eigenvalue weighted by molar-refractivity contribution is 7.89. The molecule has 9 nitrogen and oxygen atoms in total. The van der Waals surface area contributed by atoms with E-state index in [1.807, 2.05) is 0 Å². The average Bonchev–Trinajstić information content (AvgIpc) is 3.58. The van der Waals surface area contributed by atoms with Crippen molar-refractivity contribution >= 4 is 33.2 Å². The Hall–Kier alpha value is -2.85. The molecule has 1 heterocycles. The summed E-state index contributed by atoms with van der Waals surface area (Å²) in [6, 6.07) is 6.14. The van der Waals surface area contributed by atoms with Crippen molar-refractivity contribution in [3.05, 3.63) is 41.9 Å². The van der Waals surface area contributed by atoms with E-state index in [0.29, 0.717) is 17.2 Å². The highest BCUT2D eigenvalue weighted by atomic mass is 32.2. The Labute approximate surface area is 195 Å². The summed E-state index contributed by atoms with van der Waals surface area (Å²) in [4.78, 5) is 34.6. The van der Waals surface area contributed by atoms with Crippen LogP contribution in [-0.2, 0) is 14.8 Å². The topological polar surface area (TPSA) is 121 Å². The van der Waals surface area contributed by atoms with Crippen LogP contribution in [0.4, 0.5) is 11.5 Å². The SMILES string of the molecule is CCCN(CC1CC1)c1cc(C(=O)Nc2ccc(S(=O)(=O)NCCC(C)=O)cc2C)ncn1. The quantitative estimate of drug-likeness (QED) is 0.486. The fraction of sp³-hybridized carbons (Fsp3) is 0.478. The molecule has 1 aliphatic rings. The van der Waals surface area contributed by atoms with Gasteiger partial charge >= 0.3 is 0 Å². The van der Waals surface area contributed by atoms with Crippen LogP contribution in [0.3, 0.4) is 0 Å². The molecule has 1 aromatic carbocycles. The van der Waals surface area contributed by atoms with Crippen molar-refractivity contribution in [3.8, 4) is 0 Å². The second kappa shape index (κ2) is 10.8. The fourth-order valence-electron chi connectivity index (χ4n) is 3.40. The molecule has 10 heteroatoms. The van der Waals surface area contributed by atoms with Crippen LogP contribution in [0.2, 0.25) is 0 Å². The summed E-state index contributed by atoms with van der Waals surface area (Å²) in [5.41, 5.74) is 1.33. The van der Waals surface area contributed by atoms with Gasteiger partial charge in [0.1, 0.15) is 23.6 Å². The van der Waals surface area contributed by atoms with E-state index in [1.165, 1.54) is 38.2 Å². The van der Waals surface area contributed by atoms with E-state index in [-0.39, 0.29) is 35.2 Å². The highest BCUT2D eigenvalue weighted by Gasteiger charge is 2.25. The normalized spacial score (nSPS) is 13.5. The number of rotatable bonds is 12. The molecule has 2 aromatic rings. The van der Waals surface area contributed by atoms with Gasteiger partial charge in [-0.15, -0.1) is 0 Å². The molecule has 1 aromatic heterocycles. The summed E-state index contributed by atoms with van der Waals surface area (Å²) in [6.07, 6.45) is 4.97. The second-order valence-electron chi connectivity index (χ2n) is 8.43. The van der Waals surface area contributed by atoms with Gasteiger partial charge in [-0.1, -0.05) is 6.92 Å². The number of amides is 1. The number of nitrogens with one attached hydrogen (secondary N) is 2. The van der Waals surface area contributed by atoms with Crippen LogP contribution in [-0.4, -0.2) is 49.7 Å². The van der Waals surface area contributed by atoms with E-state index >= 15 is 0 Å². The van der Waals surface area contributed by atoms with E-state index in [4.69, 9.17) is 0 Å². The maximum absolute atomic E-state index is 12.8. The van der Waals surface area contributed by atoms with Crippen LogP contribution in [0, 0.1) is 12.8 Å². The fourth-order valence-corrected chi connectivity index (χ4v) is 4.52. The van der Waals surface area contributed by atoms with Crippen molar-refractivity contribution in [1.29, 1.82) is 0 Å². The van der Waals surface area contributed by atoms with Crippen LogP contribution in [0.5, 0.6) is 0 Å². The minimum atomic E-state index is -3.74. The number of sulfonamides is 1. The molecule has 1 saturated carbocycles. The van der Waals surface area contributed by atoms with Gasteiger partial charge in [-0.3, -0.25) is 9.59 Å². The molecule has 1 fully saturated rings. The molecule has 0 aliphatic heterocycles. The lowest BCUT2D eigenvalue weighted by atomic mass is 10.2. The van der Waals surface area contributed by atoms with Crippen LogP contribution >= 0.6 is 0 Å². The van der Waals surface area contributed by atoms with Gasteiger partial charge in [0.15, 0.2) is 0 Å². The molecule has 1 aliphatic carbocycles. The van der Waals surface area contributed by atoms with Crippen molar-refractivity contribution in [2.75, 3.05) is 29.9 Å². The third-order valence-electron chi connectivity index (χ3n) is 5.40. The number of carbonyl (C=O) groups is 2. The smallest absolute Gasteiger partial charge is 0.274 e. The van der Waals surface area contributed by atoms with Gasteiger partial charge < -0.3 is 10.2 Å². The summed E-state index contributed by atoms with van der Waals surface area (Å²) in [6.45, 7) is 7.08. The number of aryl methyl sites for hydroxylation is 1. The second-order valence-corrected chi connectivity index (χ2v) is 10.2. The largest absolute Gasteiger partial charge is 0.356 e. The molecule has 1 amide bonds. The zero-order valence-electron chi connectivity index (χ0n) is 19.3. The Morgan fingerprint density at radius 1 is 1.18 bits per heavy atom. The number of ketones is 1. The van der Waals surface area contributed by atoms with Gasteiger partial charge in [0.2, 0.25) is 10.0 Å². The first-order valence-electron chi connectivity index (χ1n) is 11.2. The molecular weight excluding hydrogens is 442 g/mol. The van der Waals surface area contributed by atoms with E-state index in [9.17, 15) is 18.0 Å². The molecule has 33 heavy (non-hydrogen) atoms. The van der Waals surface area contributed by atoms with Crippen molar-refractivity contribution in [3.63, 3.8) is 0 Å². The Bertz CT molecular complexity index is 1120. The minimum Gasteiger partial charge on any atom is -0.356 e. The molecule has 0 unspecified atom stereocenters. The number of anilines is 2. The average molecular weight is 474 g/mol. The first-order valence-corrected chi connectivity index (χ1v) is 12.7. The van der Waals surface area contributed by atoms with Crippen LogP contribution in [0.15, 0.2) is 35.5 Å². The van der Waals surface area contributed by atoms with Crippen molar-refractivity contribution < 1.29 is 18.0 Å². The minimum absolute atomic E-state index is 0.0427. The molecule has 0 saturated heterocycles. The molecule has 2 N–H and O–H groups in total. The van der Waals surface area contributed by atoms with Crippen LogP contribution in [0.25, 0.3) is 0 Å². The number of aromatic nitrogens is 2. The van der Waals surface area contributed by atoms with E-state index < -0.39 is 10.0 Å². The molecule has 3 rings (SSSR count). The van der Waals surface area contributed by atoms with Gasteiger partial charge in [0.05, 0.1) is 4.90 Å². The predicted octanol–water partition coefficient (Wildman–Crippen LogP) is 2.92. The van der Waals surface area contributed by atoms with Gasteiger partial charge in [-0.25, -0.2) is 23.1 Å². The van der Waals surface area contributed by atoms with Crippen molar-refractivity contribution in [2.24, 2.45) is 5.92 Å². The molecule has 0 spiro atoms. The standard InChI is InChI=1S/C23H31N5O4S/c1-4-11-28(14-18-5-6-18)22-13-21(24-15-25-22)23(30)27-20-8-7-19(12-16(20)2)33(31,32)26-10-9-17(3)29/h7-8,12-13,15,18,26H,4-6,9-11,14H2,1-3H3,(H,27,30). The van der Waals surface area contributed by atoms with Gasteiger partial charge in [0.25, 0.3) is 5.91 Å². The lowest BCUT2D eigenvalue weighted by Gasteiger charge is -2.23. The van der Waals surface area contributed by atoms with Gasteiger partial charge in [-0.05, 0) is 62.8 Å². The number of benzene rings is 1. The number of hydrogen-bond donors (Lipinski definition) is 2. The summed E-state index contributed by atoms with van der Waals surface area (Å²) in [7, 11) is -3.74. The molecule has 0 radical (unpaired) electrons. The summed E-state index contributed by atoms with van der Waals surface area (Å²) >= 11 is 0. The summed E-state index contributed by atoms with van der Waals surface area (Å²) in [5, 5.41) is 2.81. The monoisotopic (exact) mass is 473 g/mol. The van der Waals surface area contributed by atoms with Gasteiger partial charge in [0, 0.05) is 37.8 Å². The predicted molar refractivity (Wildman–Crippen MR) is 127 cm³/mol. The van der Waals surface area contributed by atoms with Crippen LogP contribution < -0.4 is 14.9 Å². The summed E-state index contributed by atoms with van der Waals surface area (Å²) < 4.78 is 27.3.